The van der Waals surface area contributed by atoms with Gasteiger partial charge in [-0.3, -0.25) is 0 Å². The van der Waals surface area contributed by atoms with Crippen molar-refractivity contribution in [3.63, 3.8) is 0 Å². The molecule has 0 rings (SSSR count). The average molecular weight is 697 g/mol. The van der Waals surface area contributed by atoms with E-state index in [0.717, 1.165) is 0 Å². The van der Waals surface area contributed by atoms with Crippen LogP contribution in [0.3, 0.4) is 0 Å². The number of hydrogen-bond donors (Lipinski definition) is 0. The van der Waals surface area contributed by atoms with E-state index in [4.69, 9.17) is 0 Å². The molecule has 17 heavy (non-hydrogen) atoms. The second-order valence-corrected chi connectivity index (χ2v) is 105. The van der Waals surface area contributed by atoms with Crippen LogP contribution in [0.1, 0.15) is 78.1 Å². The maximum atomic E-state index is 3.35. The molecule has 0 nitrogen and oxygen atoms in total. The van der Waals surface area contributed by atoms with Crippen LogP contribution in [0, 0.1) is 0 Å². The van der Waals surface area contributed by atoms with Gasteiger partial charge in [-0.2, -0.15) is 0 Å². The minimum absolute atomic E-state index is 1.37. The molecule has 106 valence electrons. The molecule has 0 unspecified atom stereocenters. The Kier molecular flexibility index (Phi) is 22.0. The van der Waals surface area contributed by atoms with Gasteiger partial charge in [0, 0.05) is 0 Å². The van der Waals surface area contributed by atoms with Gasteiger partial charge in [0.2, 0.25) is 0 Å². The van der Waals surface area contributed by atoms with E-state index in [0.29, 0.717) is 0 Å². The van der Waals surface area contributed by atoms with E-state index < -0.39 is 11.5 Å². The summed E-state index contributed by atoms with van der Waals surface area (Å²) >= 11 is 11.4. The van der Waals surface area contributed by atoms with Crippen LogP contribution in [0.15, 0.2) is 0 Å². The molecule has 0 N–H and O–H groups in total. The summed E-state index contributed by atoms with van der Waals surface area (Å²) in [6.07, 6.45) is 14.4. The molecule has 5 heteroatoms. The molecule has 0 aromatic rings. The zero-order valence-corrected chi connectivity index (χ0v) is 21.3. The molecule has 0 amide bonds. The molecule has 0 radical (unpaired) electrons. The Morgan fingerprint density at radius 2 is 0.706 bits per heavy atom. The molecule has 0 saturated heterocycles. The van der Waals surface area contributed by atoms with Crippen LogP contribution in [-0.4, -0.2) is 11.5 Å². The van der Waals surface area contributed by atoms with E-state index in [2.05, 4.69) is 61.8 Å². The van der Waals surface area contributed by atoms with Gasteiger partial charge in [0.1, 0.15) is 0 Å². The first-order chi connectivity index (χ1) is 7.91. The van der Waals surface area contributed by atoms with Crippen molar-refractivity contribution >= 4 is 59.5 Å². The van der Waals surface area contributed by atoms with E-state index in [1.165, 1.54) is 64.2 Å². The standard InChI is InChI=1S/C12H26.4BrH.Pb/c1-3-5-7-9-11-12-10-8-6-4-2;;;;;/h3-12H2,1-2H3;4*1H;/q;;;;;+4/p-4. The zero-order valence-electron chi connectivity index (χ0n) is 11.1. The Balaban J connectivity index is 0. The second kappa shape index (κ2) is 16.9. The Morgan fingerprint density at radius 1 is 0.529 bits per heavy atom. The predicted octanol–water partition coefficient (Wildman–Crippen LogP) is 7.93. The molecule has 0 bridgehead atoms. The van der Waals surface area contributed by atoms with Crippen LogP contribution in [0.5, 0.6) is 0 Å². The van der Waals surface area contributed by atoms with Crippen molar-refractivity contribution in [3.8, 4) is 0 Å². The van der Waals surface area contributed by atoms with Crippen LogP contribution in [-0.2, 0) is 0 Å². The quantitative estimate of drug-likeness (QED) is 0.170. The summed E-state index contributed by atoms with van der Waals surface area (Å²) in [6.45, 7) is 4.56. The molecule has 0 aliphatic heterocycles. The van der Waals surface area contributed by atoms with Crippen LogP contribution >= 0.6 is 47.9 Å². The topological polar surface area (TPSA) is 0 Å². The number of rotatable bonds is 9. The van der Waals surface area contributed by atoms with Crippen molar-refractivity contribution < 1.29 is 0 Å². The van der Waals surface area contributed by atoms with Crippen LogP contribution in [0.2, 0.25) is 0 Å². The van der Waals surface area contributed by atoms with Crippen LogP contribution < -0.4 is 0 Å². The van der Waals surface area contributed by atoms with Gasteiger partial charge in [-0.05, 0) is 0 Å². The van der Waals surface area contributed by atoms with Gasteiger partial charge < -0.3 is 0 Å². The normalized spacial score (nSPS) is 10.9. The first-order valence-electron chi connectivity index (χ1n) is 6.67. The zero-order chi connectivity index (χ0) is 13.6. The Bertz CT molecular complexity index is 121. The van der Waals surface area contributed by atoms with Crippen molar-refractivity contribution in [3.05, 3.63) is 0 Å². The predicted molar refractivity (Wildman–Crippen MR) is 99.0 cm³/mol. The molecule has 0 atom stereocenters. The fourth-order valence-corrected chi connectivity index (χ4v) is 1.56. The van der Waals surface area contributed by atoms with Gasteiger partial charge in [-0.25, -0.2) is 0 Å². The second-order valence-electron chi connectivity index (χ2n) is 4.26. The number of unbranched alkanes of at least 4 members (excludes halogenated alkanes) is 9. The van der Waals surface area contributed by atoms with E-state index >= 15 is 0 Å². The van der Waals surface area contributed by atoms with Crippen LogP contribution in [0.25, 0.3) is 0 Å². The first-order valence-corrected chi connectivity index (χ1v) is 40.4. The van der Waals surface area contributed by atoms with Gasteiger partial charge in [0.15, 0.2) is 0 Å². The summed E-state index contributed by atoms with van der Waals surface area (Å²) in [5, 5.41) is 0. The fourth-order valence-electron chi connectivity index (χ4n) is 1.56. The van der Waals surface area contributed by atoms with Crippen LogP contribution in [0.4, 0.5) is 0 Å². The first kappa shape index (κ1) is 22.1. The Labute approximate surface area is 135 Å². The Hall–Kier alpha value is 2.84. The van der Waals surface area contributed by atoms with Gasteiger partial charge in [-0.1, -0.05) is 78.1 Å². The SMILES string of the molecule is CCCCCCCCCCCC.[Br][Pb]([Br])([Br])[Br]. The molecule has 0 aromatic heterocycles. The summed E-state index contributed by atoms with van der Waals surface area (Å²) < 4.78 is 0. The van der Waals surface area contributed by atoms with E-state index in [9.17, 15) is 0 Å². The molecule has 0 aromatic carbocycles. The molecule has 0 aliphatic carbocycles. The molecule has 0 fully saturated rings. The summed E-state index contributed by atoms with van der Waals surface area (Å²) in [6, 6.07) is 0. The molecular formula is C12H26Br4Pb. The fraction of sp³-hybridized carbons (Fsp3) is 1.00. The van der Waals surface area contributed by atoms with E-state index in [-0.39, 0.29) is 0 Å². The van der Waals surface area contributed by atoms with Gasteiger partial charge in [-0.15, -0.1) is 0 Å². The summed E-state index contributed by atoms with van der Waals surface area (Å²) in [4.78, 5) is 0. The number of halogens is 4. The van der Waals surface area contributed by atoms with Gasteiger partial charge >= 0.3 is 59.5 Å². The third-order valence-electron chi connectivity index (χ3n) is 2.46. The summed E-state index contributed by atoms with van der Waals surface area (Å²) in [5.41, 5.74) is 0. The van der Waals surface area contributed by atoms with Gasteiger partial charge in [0.25, 0.3) is 0 Å². The summed E-state index contributed by atoms with van der Waals surface area (Å²) in [5.74, 6) is 0. The third kappa shape index (κ3) is 38.1. The monoisotopic (exact) mass is 694 g/mol. The average Bonchev–Trinajstić information content (AvgIpc) is 2.20. The molecule has 0 aliphatic rings. The molecular weight excluding hydrogens is 671 g/mol. The van der Waals surface area contributed by atoms with Crippen molar-refractivity contribution in [2.75, 3.05) is 0 Å². The van der Waals surface area contributed by atoms with E-state index in [1.54, 1.807) is 0 Å². The van der Waals surface area contributed by atoms with Crippen molar-refractivity contribution in [2.24, 2.45) is 0 Å². The summed E-state index contributed by atoms with van der Waals surface area (Å²) in [7, 11) is 0. The molecule has 0 saturated carbocycles. The van der Waals surface area contributed by atoms with Crippen molar-refractivity contribution in [1.29, 1.82) is 0 Å². The molecule has 0 heterocycles. The van der Waals surface area contributed by atoms with Crippen molar-refractivity contribution in [2.45, 2.75) is 78.1 Å². The Morgan fingerprint density at radius 3 is 0.882 bits per heavy atom. The third-order valence-corrected chi connectivity index (χ3v) is 2.46. The van der Waals surface area contributed by atoms with Crippen molar-refractivity contribution in [1.82, 2.24) is 0 Å². The van der Waals surface area contributed by atoms with Gasteiger partial charge in [0.05, 0.1) is 0 Å². The van der Waals surface area contributed by atoms with E-state index in [1.807, 2.05) is 0 Å². The number of hydrogen-bond acceptors (Lipinski definition) is 0. The molecule has 0 spiro atoms. The minimum atomic E-state index is -2.03. The maximum absolute atomic E-state index is 3.35.